The number of hydrogen-bond donors (Lipinski definition) is 1. The third-order valence-corrected chi connectivity index (χ3v) is 5.83. The highest BCUT2D eigenvalue weighted by atomic mass is 16.2. The van der Waals surface area contributed by atoms with Crippen molar-refractivity contribution < 1.29 is 9.28 Å². The fourth-order valence-corrected chi connectivity index (χ4v) is 4.36. The lowest BCUT2D eigenvalue weighted by atomic mass is 9.99. The number of likely N-dealkylation sites (N-methyl/N-ethyl adjacent to an activating group) is 1. The van der Waals surface area contributed by atoms with Crippen molar-refractivity contribution in [2.75, 3.05) is 25.5 Å². The second-order valence-electron chi connectivity index (χ2n) is 7.95. The van der Waals surface area contributed by atoms with E-state index in [2.05, 4.69) is 68.7 Å². The van der Waals surface area contributed by atoms with Crippen LogP contribution in [0.3, 0.4) is 0 Å². The van der Waals surface area contributed by atoms with E-state index >= 15 is 0 Å². The minimum absolute atomic E-state index is 0.118. The highest BCUT2D eigenvalue weighted by Gasteiger charge is 2.37. The zero-order chi connectivity index (χ0) is 18.6. The van der Waals surface area contributed by atoms with Gasteiger partial charge in [-0.15, -0.1) is 0 Å². The van der Waals surface area contributed by atoms with Crippen LogP contribution in [-0.4, -0.2) is 30.5 Å². The summed E-state index contributed by atoms with van der Waals surface area (Å²) in [5, 5.41) is 3.19. The molecule has 1 N–H and O–H groups in total. The maximum atomic E-state index is 13.0. The fraction of sp³-hybridized carbons (Fsp3) is 0.435. The lowest BCUT2D eigenvalue weighted by Crippen LogP contribution is -2.51. The van der Waals surface area contributed by atoms with E-state index in [1.165, 1.54) is 24.8 Å². The minimum Gasteiger partial charge on any atom is -0.321 e. The van der Waals surface area contributed by atoms with Crippen LogP contribution in [0.25, 0.3) is 0 Å². The predicted octanol–water partition coefficient (Wildman–Crippen LogP) is 5.00. The Bertz CT molecular complexity index is 736. The normalized spacial score (nSPS) is 23.3. The van der Waals surface area contributed by atoms with Gasteiger partial charge < -0.3 is 9.80 Å². The van der Waals surface area contributed by atoms with E-state index in [0.717, 1.165) is 34.3 Å². The van der Waals surface area contributed by atoms with Gasteiger partial charge in [0.2, 0.25) is 0 Å². The molecule has 1 saturated heterocycles. The Labute approximate surface area is 157 Å². The predicted molar refractivity (Wildman–Crippen MR) is 108 cm³/mol. The van der Waals surface area contributed by atoms with Crippen LogP contribution in [0.1, 0.15) is 48.4 Å². The molecule has 1 aliphatic rings. The zero-order valence-electron chi connectivity index (χ0n) is 16.3. The molecule has 0 bridgehead atoms. The molecule has 3 heteroatoms. The van der Waals surface area contributed by atoms with Gasteiger partial charge in [-0.05, 0) is 44.2 Å². The Kier molecular flexibility index (Phi) is 5.77. The fourth-order valence-electron chi connectivity index (χ4n) is 4.36. The summed E-state index contributed by atoms with van der Waals surface area (Å²) in [6.07, 6.45) is 4.84. The van der Waals surface area contributed by atoms with Crippen LogP contribution in [0.4, 0.5) is 5.69 Å². The number of carbonyl (C=O) groups is 1. The lowest BCUT2D eigenvalue weighted by Gasteiger charge is -2.40. The molecule has 0 spiro atoms. The number of aryl methyl sites for hydroxylation is 2. The standard InChI is InChI=1S/C23H30N2O/c1-18-11-10-12-19(2)23(18)24-22(26)17-25(3)16-9-5-8-15-21(25)20-13-6-4-7-14-20/h4,6-7,10-14,21H,5,8-9,15-17H2,1-3H3/p+1. The number of hydrogen-bond acceptors (Lipinski definition) is 1. The van der Waals surface area contributed by atoms with Crippen LogP contribution in [-0.2, 0) is 4.79 Å². The molecular formula is C23H31N2O+. The Hall–Kier alpha value is -2.13. The van der Waals surface area contributed by atoms with Gasteiger partial charge in [-0.25, -0.2) is 0 Å². The Morgan fingerprint density at radius 1 is 1.00 bits per heavy atom. The summed E-state index contributed by atoms with van der Waals surface area (Å²) in [7, 11) is 2.26. The number of para-hydroxylation sites is 1. The second kappa shape index (κ2) is 8.05. The van der Waals surface area contributed by atoms with Gasteiger partial charge in [0.1, 0.15) is 6.04 Å². The number of nitrogens with one attached hydrogen (secondary N) is 1. The Morgan fingerprint density at radius 2 is 1.69 bits per heavy atom. The summed E-state index contributed by atoms with van der Waals surface area (Å²) in [5.41, 5.74) is 4.57. The number of rotatable bonds is 4. The van der Waals surface area contributed by atoms with Gasteiger partial charge in [-0.3, -0.25) is 4.79 Å². The van der Waals surface area contributed by atoms with Crippen LogP contribution in [0.15, 0.2) is 48.5 Å². The smallest absolute Gasteiger partial charge is 0.279 e. The molecule has 2 aromatic carbocycles. The number of carbonyl (C=O) groups excluding carboxylic acids is 1. The first kappa shape index (κ1) is 18.7. The van der Waals surface area contributed by atoms with E-state index in [4.69, 9.17) is 0 Å². The largest absolute Gasteiger partial charge is 0.321 e. The summed E-state index contributed by atoms with van der Waals surface area (Å²) in [6.45, 7) is 5.68. The van der Waals surface area contributed by atoms with E-state index in [1.807, 2.05) is 6.07 Å². The SMILES string of the molecule is Cc1cccc(C)c1NC(=O)C[N+]1(C)CCCCCC1c1ccccc1. The maximum Gasteiger partial charge on any atom is 0.279 e. The summed E-state index contributed by atoms with van der Waals surface area (Å²) in [6, 6.07) is 17.3. The monoisotopic (exact) mass is 351 g/mol. The molecule has 0 aromatic heterocycles. The van der Waals surface area contributed by atoms with E-state index in [1.54, 1.807) is 0 Å². The van der Waals surface area contributed by atoms with Gasteiger partial charge in [0.25, 0.3) is 5.91 Å². The van der Waals surface area contributed by atoms with E-state index in [0.29, 0.717) is 12.6 Å². The molecular weight excluding hydrogens is 320 g/mol. The summed E-state index contributed by atoms with van der Waals surface area (Å²) in [4.78, 5) is 13.0. The summed E-state index contributed by atoms with van der Waals surface area (Å²) >= 11 is 0. The number of quaternary nitrogens is 1. The zero-order valence-corrected chi connectivity index (χ0v) is 16.3. The minimum atomic E-state index is 0.118. The lowest BCUT2D eigenvalue weighted by molar-refractivity contribution is -0.931. The summed E-state index contributed by atoms with van der Waals surface area (Å²) < 4.78 is 0.792. The third kappa shape index (κ3) is 4.16. The van der Waals surface area contributed by atoms with Crippen molar-refractivity contribution in [1.82, 2.24) is 0 Å². The average molecular weight is 352 g/mol. The molecule has 1 fully saturated rings. The van der Waals surface area contributed by atoms with Crippen molar-refractivity contribution in [3.05, 3.63) is 65.2 Å². The molecule has 1 aliphatic heterocycles. The van der Waals surface area contributed by atoms with Crippen LogP contribution in [0, 0.1) is 13.8 Å². The molecule has 3 nitrogen and oxygen atoms in total. The van der Waals surface area contributed by atoms with Crippen LogP contribution >= 0.6 is 0 Å². The summed E-state index contributed by atoms with van der Waals surface area (Å²) in [5.74, 6) is 0.118. The highest BCUT2D eigenvalue weighted by molar-refractivity contribution is 5.93. The molecule has 26 heavy (non-hydrogen) atoms. The second-order valence-corrected chi connectivity index (χ2v) is 7.95. The maximum absolute atomic E-state index is 13.0. The van der Waals surface area contributed by atoms with Crippen LogP contribution in [0.2, 0.25) is 0 Å². The quantitative estimate of drug-likeness (QED) is 0.771. The molecule has 1 amide bonds. The molecule has 2 unspecified atom stereocenters. The average Bonchev–Trinajstić information content (AvgIpc) is 2.80. The first-order chi connectivity index (χ1) is 12.5. The topological polar surface area (TPSA) is 29.1 Å². The third-order valence-electron chi connectivity index (χ3n) is 5.83. The molecule has 0 saturated carbocycles. The van der Waals surface area contributed by atoms with E-state index < -0.39 is 0 Å². The van der Waals surface area contributed by atoms with Crippen molar-refractivity contribution >= 4 is 11.6 Å². The molecule has 2 atom stereocenters. The van der Waals surface area contributed by atoms with E-state index in [-0.39, 0.29) is 5.91 Å². The van der Waals surface area contributed by atoms with Crippen molar-refractivity contribution in [2.24, 2.45) is 0 Å². The van der Waals surface area contributed by atoms with Crippen molar-refractivity contribution in [3.8, 4) is 0 Å². The van der Waals surface area contributed by atoms with E-state index in [9.17, 15) is 4.79 Å². The van der Waals surface area contributed by atoms with Crippen molar-refractivity contribution in [3.63, 3.8) is 0 Å². The first-order valence-electron chi connectivity index (χ1n) is 9.75. The van der Waals surface area contributed by atoms with Gasteiger partial charge in [0, 0.05) is 17.7 Å². The van der Waals surface area contributed by atoms with Crippen LogP contribution in [0.5, 0.6) is 0 Å². The molecule has 1 heterocycles. The number of likely N-dealkylation sites (tertiary alicyclic amines) is 1. The number of anilines is 1. The van der Waals surface area contributed by atoms with Gasteiger partial charge >= 0.3 is 0 Å². The molecule has 3 rings (SSSR count). The van der Waals surface area contributed by atoms with Gasteiger partial charge in [0.15, 0.2) is 6.54 Å². The van der Waals surface area contributed by atoms with Gasteiger partial charge in [-0.2, -0.15) is 0 Å². The molecule has 138 valence electrons. The first-order valence-corrected chi connectivity index (χ1v) is 9.75. The van der Waals surface area contributed by atoms with Crippen molar-refractivity contribution in [2.45, 2.75) is 45.6 Å². The van der Waals surface area contributed by atoms with Crippen molar-refractivity contribution in [1.29, 1.82) is 0 Å². The highest BCUT2D eigenvalue weighted by Crippen LogP contribution is 2.35. The van der Waals surface area contributed by atoms with Crippen LogP contribution < -0.4 is 5.32 Å². The molecule has 0 radical (unpaired) electrons. The van der Waals surface area contributed by atoms with Gasteiger partial charge in [0.05, 0.1) is 13.6 Å². The van der Waals surface area contributed by atoms with Gasteiger partial charge in [-0.1, -0.05) is 48.5 Å². The molecule has 2 aromatic rings. The number of benzene rings is 2. The Balaban J connectivity index is 1.81. The molecule has 0 aliphatic carbocycles. The Morgan fingerprint density at radius 3 is 2.38 bits per heavy atom. The number of nitrogens with zero attached hydrogens (tertiary/aromatic N) is 1. The number of amides is 1.